The molecule has 1 aromatic heterocycles. The molecule has 0 atom stereocenters. The summed E-state index contributed by atoms with van der Waals surface area (Å²) >= 11 is 7.84. The predicted octanol–water partition coefficient (Wildman–Crippen LogP) is 4.15. The van der Waals surface area contributed by atoms with Crippen LogP contribution in [0.4, 0.5) is 0 Å². The summed E-state index contributed by atoms with van der Waals surface area (Å²) in [6.45, 7) is 4.90. The fourth-order valence-corrected chi connectivity index (χ4v) is 3.27. The van der Waals surface area contributed by atoms with Crippen LogP contribution in [0.1, 0.15) is 42.6 Å². The second kappa shape index (κ2) is 6.89. The first-order valence-electron chi connectivity index (χ1n) is 7.05. The van der Waals surface area contributed by atoms with Crippen LogP contribution in [0.25, 0.3) is 0 Å². The number of halogens is 1. The average Bonchev–Trinajstić information content (AvgIpc) is 2.96. The summed E-state index contributed by atoms with van der Waals surface area (Å²) < 4.78 is 16.1. The second-order valence-corrected chi connectivity index (χ2v) is 6.78. The van der Waals surface area contributed by atoms with Gasteiger partial charge >= 0.3 is 0 Å². The van der Waals surface area contributed by atoms with Crippen LogP contribution >= 0.6 is 23.4 Å². The molecule has 0 spiro atoms. The first-order valence-corrected chi connectivity index (χ1v) is 8.59. The molecule has 5 nitrogen and oxygen atoms in total. The molecule has 0 bridgehead atoms. The lowest BCUT2D eigenvalue weighted by molar-refractivity contribution is -0.0168. The fourth-order valence-electron chi connectivity index (χ4n) is 2.17. The molecule has 1 aromatic carbocycles. The Labute approximate surface area is 138 Å². The first kappa shape index (κ1) is 15.6. The van der Waals surface area contributed by atoms with Crippen LogP contribution in [0.5, 0.6) is 5.75 Å². The summed E-state index contributed by atoms with van der Waals surface area (Å²) in [4.78, 5) is 4.37. The summed E-state index contributed by atoms with van der Waals surface area (Å²) in [5, 5.41) is 4.66. The fraction of sp³-hybridized carbons (Fsp3) is 0.467. The number of aromatic nitrogens is 2. The van der Waals surface area contributed by atoms with Crippen molar-refractivity contribution in [3.05, 3.63) is 40.0 Å². The molecule has 0 N–H and O–H groups in total. The van der Waals surface area contributed by atoms with Crippen LogP contribution in [-0.2, 0) is 22.8 Å². The Hall–Kier alpha value is -1.24. The highest BCUT2D eigenvalue weighted by Crippen LogP contribution is 2.34. The molecular weight excluding hydrogens is 324 g/mol. The van der Waals surface area contributed by atoms with Gasteiger partial charge in [-0.1, -0.05) is 30.6 Å². The van der Waals surface area contributed by atoms with Crippen LogP contribution < -0.4 is 4.74 Å². The molecule has 22 heavy (non-hydrogen) atoms. The first-order chi connectivity index (χ1) is 10.6. The van der Waals surface area contributed by atoms with Gasteiger partial charge in [-0.3, -0.25) is 0 Å². The molecule has 0 aliphatic carbocycles. The van der Waals surface area contributed by atoms with Crippen LogP contribution in [0.2, 0.25) is 5.02 Å². The molecule has 3 rings (SSSR count). The third kappa shape index (κ3) is 3.56. The lowest BCUT2D eigenvalue weighted by Gasteiger charge is -2.20. The zero-order chi connectivity index (χ0) is 15.5. The maximum atomic E-state index is 6.15. The van der Waals surface area contributed by atoms with E-state index in [1.165, 1.54) is 0 Å². The lowest BCUT2D eigenvalue weighted by atomic mass is 10.1. The normalized spacial score (nSPS) is 14.0. The minimum absolute atomic E-state index is 0.274. The van der Waals surface area contributed by atoms with Gasteiger partial charge in [0.15, 0.2) is 12.6 Å². The van der Waals surface area contributed by atoms with Gasteiger partial charge in [0, 0.05) is 27.8 Å². The number of hydrogen-bond donors (Lipinski definition) is 0. The van der Waals surface area contributed by atoms with Gasteiger partial charge in [-0.05, 0) is 12.1 Å². The summed E-state index contributed by atoms with van der Waals surface area (Å²) in [5.41, 5.74) is 2.06. The van der Waals surface area contributed by atoms with E-state index in [-0.39, 0.29) is 12.7 Å². The Morgan fingerprint density at radius 1 is 1.32 bits per heavy atom. The van der Waals surface area contributed by atoms with Crippen molar-refractivity contribution in [2.24, 2.45) is 0 Å². The average molecular weight is 341 g/mol. The van der Waals surface area contributed by atoms with Crippen LogP contribution in [-0.4, -0.2) is 16.9 Å². The van der Waals surface area contributed by atoms with Gasteiger partial charge in [0.2, 0.25) is 5.89 Å². The van der Waals surface area contributed by atoms with E-state index in [2.05, 4.69) is 10.1 Å². The Morgan fingerprint density at radius 3 is 2.95 bits per heavy atom. The zero-order valence-electron chi connectivity index (χ0n) is 12.5. The van der Waals surface area contributed by atoms with Gasteiger partial charge in [-0.25, -0.2) is 0 Å². The number of nitrogens with zero attached hydrogens (tertiary/aromatic N) is 2. The molecule has 0 amide bonds. The van der Waals surface area contributed by atoms with Crippen molar-refractivity contribution < 1.29 is 14.0 Å². The number of ether oxygens (including phenoxy) is 2. The van der Waals surface area contributed by atoms with E-state index in [1.54, 1.807) is 11.8 Å². The molecule has 0 saturated heterocycles. The van der Waals surface area contributed by atoms with Crippen molar-refractivity contribution >= 4 is 23.4 Å². The Morgan fingerprint density at radius 2 is 2.18 bits per heavy atom. The number of thioether (sulfide) groups is 1. The third-order valence-electron chi connectivity index (χ3n) is 3.23. The molecule has 7 heteroatoms. The van der Waals surface area contributed by atoms with E-state index in [0.29, 0.717) is 23.3 Å². The maximum Gasteiger partial charge on any atom is 0.236 e. The van der Waals surface area contributed by atoms with Gasteiger partial charge in [-0.15, -0.1) is 11.8 Å². The van der Waals surface area contributed by atoms with Crippen LogP contribution in [0.3, 0.4) is 0 Å². The molecule has 2 heterocycles. The molecule has 0 fully saturated rings. The number of rotatable bonds is 5. The lowest BCUT2D eigenvalue weighted by Crippen LogP contribution is -2.13. The SMILES string of the molecule is CC(C)c1noc(CSCc2cc(Cl)cc3c2OCOC3)n1. The molecule has 1 aliphatic heterocycles. The largest absolute Gasteiger partial charge is 0.467 e. The van der Waals surface area contributed by atoms with Crippen LogP contribution in [0.15, 0.2) is 16.7 Å². The van der Waals surface area contributed by atoms with E-state index >= 15 is 0 Å². The summed E-state index contributed by atoms with van der Waals surface area (Å²) in [5.74, 6) is 3.98. The Balaban J connectivity index is 1.65. The number of hydrogen-bond acceptors (Lipinski definition) is 6. The van der Waals surface area contributed by atoms with E-state index < -0.39 is 0 Å². The standard InChI is InChI=1S/C15H17ClN2O3S/c1-9(2)15-17-13(21-18-15)7-22-6-11-4-12(16)3-10-5-19-8-20-14(10)11/h3-4,9H,5-8H2,1-2H3. The quantitative estimate of drug-likeness (QED) is 0.815. The van der Waals surface area contributed by atoms with Crippen molar-refractivity contribution in [3.63, 3.8) is 0 Å². The van der Waals surface area contributed by atoms with E-state index in [4.69, 9.17) is 25.6 Å². The monoisotopic (exact) mass is 340 g/mol. The summed E-state index contributed by atoms with van der Waals surface area (Å²) in [6, 6.07) is 3.82. The van der Waals surface area contributed by atoms with Gasteiger partial charge in [0.05, 0.1) is 12.4 Å². The van der Waals surface area contributed by atoms with Crippen molar-refractivity contribution in [2.75, 3.05) is 6.79 Å². The minimum atomic E-state index is 0.274. The van der Waals surface area contributed by atoms with E-state index in [9.17, 15) is 0 Å². The van der Waals surface area contributed by atoms with Crippen molar-refractivity contribution in [1.82, 2.24) is 10.1 Å². The second-order valence-electron chi connectivity index (χ2n) is 5.36. The molecule has 2 aromatic rings. The third-order valence-corrected chi connectivity index (χ3v) is 4.42. The van der Waals surface area contributed by atoms with E-state index in [0.717, 1.165) is 28.5 Å². The van der Waals surface area contributed by atoms with Crippen molar-refractivity contribution in [3.8, 4) is 5.75 Å². The van der Waals surface area contributed by atoms with Crippen molar-refractivity contribution in [1.29, 1.82) is 0 Å². The minimum Gasteiger partial charge on any atom is -0.467 e. The maximum absolute atomic E-state index is 6.15. The number of benzene rings is 1. The zero-order valence-corrected chi connectivity index (χ0v) is 14.0. The highest BCUT2D eigenvalue weighted by atomic mass is 35.5. The molecule has 1 aliphatic rings. The van der Waals surface area contributed by atoms with Gasteiger partial charge in [-0.2, -0.15) is 4.98 Å². The molecular formula is C15H17ClN2O3S. The molecule has 0 saturated carbocycles. The topological polar surface area (TPSA) is 57.4 Å². The Bertz CT molecular complexity index is 660. The van der Waals surface area contributed by atoms with Crippen LogP contribution in [0, 0.1) is 0 Å². The van der Waals surface area contributed by atoms with Crippen molar-refractivity contribution in [2.45, 2.75) is 37.9 Å². The van der Waals surface area contributed by atoms with Gasteiger partial charge < -0.3 is 14.0 Å². The number of fused-ring (bicyclic) bond motifs is 1. The molecule has 118 valence electrons. The Kier molecular flexibility index (Phi) is 4.90. The highest BCUT2D eigenvalue weighted by Gasteiger charge is 2.17. The molecule has 0 unspecified atom stereocenters. The van der Waals surface area contributed by atoms with E-state index in [1.807, 2.05) is 26.0 Å². The summed E-state index contributed by atoms with van der Waals surface area (Å²) in [7, 11) is 0. The van der Waals surface area contributed by atoms with Gasteiger partial charge in [0.25, 0.3) is 0 Å². The predicted molar refractivity (Wildman–Crippen MR) is 85.1 cm³/mol. The van der Waals surface area contributed by atoms with Gasteiger partial charge in [0.1, 0.15) is 5.75 Å². The molecule has 0 radical (unpaired) electrons. The highest BCUT2D eigenvalue weighted by molar-refractivity contribution is 7.97. The summed E-state index contributed by atoms with van der Waals surface area (Å²) in [6.07, 6.45) is 0. The smallest absolute Gasteiger partial charge is 0.236 e.